The first kappa shape index (κ1) is 18.1. The van der Waals surface area contributed by atoms with Crippen molar-refractivity contribution in [2.45, 2.75) is 47.6 Å². The van der Waals surface area contributed by atoms with Crippen molar-refractivity contribution in [2.24, 2.45) is 10.8 Å². The second kappa shape index (κ2) is 6.01. The third-order valence-electron chi connectivity index (χ3n) is 3.23. The van der Waals surface area contributed by atoms with Crippen LogP contribution in [-0.4, -0.2) is 48.0 Å². The molecule has 5 heteroatoms. The van der Waals surface area contributed by atoms with E-state index >= 15 is 0 Å². The molecule has 18 heavy (non-hydrogen) atoms. The molecule has 0 N–H and O–H groups in total. The van der Waals surface area contributed by atoms with Gasteiger partial charge in [-0.2, -0.15) is 0 Å². The van der Waals surface area contributed by atoms with Gasteiger partial charge in [-0.25, -0.2) is 0 Å². The quantitative estimate of drug-likeness (QED) is 0.723. The lowest BCUT2D eigenvalue weighted by molar-refractivity contribution is -0.00688. The van der Waals surface area contributed by atoms with Crippen LogP contribution in [0.25, 0.3) is 0 Å². The van der Waals surface area contributed by atoms with Crippen LogP contribution in [0.4, 0.5) is 0 Å². The Balaban J connectivity index is 5.51. The minimum Gasteiger partial charge on any atom is -0.364 e. The fraction of sp³-hybridized carbons (Fsp3) is 1.00. The van der Waals surface area contributed by atoms with Crippen molar-refractivity contribution in [3.8, 4) is 0 Å². The molecule has 0 amide bonds. The summed E-state index contributed by atoms with van der Waals surface area (Å²) in [4.78, 5) is 0. The predicted octanol–water partition coefficient (Wildman–Crippen LogP) is 2.75. The zero-order valence-corrected chi connectivity index (χ0v) is 14.7. The van der Waals surface area contributed by atoms with Crippen molar-refractivity contribution in [3.05, 3.63) is 0 Å². The molecule has 0 aromatic rings. The molecule has 0 heterocycles. The molecule has 0 rings (SSSR count). The lowest BCUT2D eigenvalue weighted by Crippen LogP contribution is -2.66. The second-order valence-corrected chi connectivity index (χ2v) is 9.86. The van der Waals surface area contributed by atoms with E-state index in [1.807, 2.05) is 7.05 Å². The molecule has 0 fully saturated rings. The Morgan fingerprint density at radius 3 is 1.22 bits per heavy atom. The van der Waals surface area contributed by atoms with Crippen LogP contribution < -0.4 is 0 Å². The normalized spacial score (nSPS) is 14.7. The number of hydrogen-bond donors (Lipinski definition) is 0. The van der Waals surface area contributed by atoms with Crippen molar-refractivity contribution < 1.29 is 13.3 Å². The van der Waals surface area contributed by atoms with Crippen LogP contribution in [0.2, 0.25) is 0 Å². The molecule has 0 aliphatic rings. The van der Waals surface area contributed by atoms with Gasteiger partial charge in [0.25, 0.3) is 0 Å². The maximum Gasteiger partial charge on any atom is 0.598 e. The van der Waals surface area contributed by atoms with E-state index in [1.165, 1.54) is 0 Å². The molecule has 0 radical (unpaired) electrons. The van der Waals surface area contributed by atoms with Crippen LogP contribution in [0, 0.1) is 10.8 Å². The molecular weight excluding hydrogens is 246 g/mol. The van der Waals surface area contributed by atoms with Crippen molar-refractivity contribution >= 4 is 8.97 Å². The van der Waals surface area contributed by atoms with Gasteiger partial charge in [0, 0.05) is 27.4 Å². The smallest absolute Gasteiger partial charge is 0.364 e. The maximum absolute atomic E-state index is 5.59. The highest BCUT2D eigenvalue weighted by Crippen LogP contribution is 2.39. The molecule has 0 aliphatic carbocycles. The molecule has 0 aromatic heterocycles. The first-order valence-corrected chi connectivity index (χ1v) is 8.02. The van der Waals surface area contributed by atoms with Crippen LogP contribution in [0.15, 0.2) is 0 Å². The van der Waals surface area contributed by atoms with Crippen molar-refractivity contribution in [2.75, 3.05) is 28.4 Å². The van der Waals surface area contributed by atoms with Crippen molar-refractivity contribution in [3.63, 3.8) is 0 Å². The Hall–Kier alpha value is 0.0569. The van der Waals surface area contributed by atoms with Gasteiger partial charge in [-0.05, 0) is 17.9 Å². The highest BCUT2D eigenvalue weighted by atomic mass is 28.4. The van der Waals surface area contributed by atoms with Gasteiger partial charge in [0.1, 0.15) is 0 Å². The highest BCUT2D eigenvalue weighted by molar-refractivity contribution is 6.57. The summed E-state index contributed by atoms with van der Waals surface area (Å²) in [6.07, 6.45) is 0. The van der Waals surface area contributed by atoms with Gasteiger partial charge in [-0.15, -0.1) is 0 Å². The third-order valence-corrected chi connectivity index (χ3v) is 5.90. The van der Waals surface area contributed by atoms with E-state index in [-0.39, 0.29) is 16.9 Å². The molecule has 110 valence electrons. The molecule has 0 unspecified atom stereocenters. The van der Waals surface area contributed by atoms with E-state index in [2.05, 4.69) is 46.1 Å². The van der Waals surface area contributed by atoms with Crippen molar-refractivity contribution in [1.29, 1.82) is 0 Å². The summed E-state index contributed by atoms with van der Waals surface area (Å²) in [5, 5.41) is 0. The fourth-order valence-corrected chi connectivity index (χ4v) is 5.76. The average Bonchev–Trinajstić information content (AvgIpc) is 2.16. The van der Waals surface area contributed by atoms with E-state index in [4.69, 9.17) is 13.3 Å². The largest absolute Gasteiger partial charge is 0.598 e. The minimum atomic E-state index is -2.77. The molecular formula is C13H31NO3Si. The second-order valence-electron chi connectivity index (χ2n) is 6.88. The average molecular weight is 277 g/mol. The molecule has 0 aromatic carbocycles. The van der Waals surface area contributed by atoms with Crippen LogP contribution in [0.1, 0.15) is 41.5 Å². The van der Waals surface area contributed by atoms with Gasteiger partial charge in [0.2, 0.25) is 0 Å². The van der Waals surface area contributed by atoms with Crippen LogP contribution in [0.5, 0.6) is 0 Å². The molecule has 0 aliphatic heterocycles. The van der Waals surface area contributed by atoms with Gasteiger partial charge >= 0.3 is 8.97 Å². The SMILES string of the molecule is CO[Si](OC)(OC)N(C)C(C(C)(C)C)C(C)(C)C. The maximum atomic E-state index is 5.59. The highest BCUT2D eigenvalue weighted by Gasteiger charge is 2.53. The summed E-state index contributed by atoms with van der Waals surface area (Å²) in [5.74, 6) is 0. The first-order valence-electron chi connectivity index (χ1n) is 6.34. The number of hydrogen-bond acceptors (Lipinski definition) is 4. The van der Waals surface area contributed by atoms with E-state index in [0.717, 1.165) is 0 Å². The van der Waals surface area contributed by atoms with Gasteiger partial charge in [-0.3, -0.25) is 4.57 Å². The summed E-state index contributed by atoms with van der Waals surface area (Å²) in [5.41, 5.74) is 0.196. The Kier molecular flexibility index (Phi) is 6.03. The summed E-state index contributed by atoms with van der Waals surface area (Å²) < 4.78 is 18.9. The first-order chi connectivity index (χ1) is 7.96. The third kappa shape index (κ3) is 3.77. The lowest BCUT2D eigenvalue weighted by Gasteiger charge is -2.49. The summed E-state index contributed by atoms with van der Waals surface area (Å²) in [6, 6.07) is 0.275. The number of nitrogens with zero attached hydrogens (tertiary/aromatic N) is 1. The van der Waals surface area contributed by atoms with Crippen LogP contribution >= 0.6 is 0 Å². The molecule has 0 atom stereocenters. The van der Waals surface area contributed by atoms with E-state index < -0.39 is 8.97 Å². The fourth-order valence-electron chi connectivity index (χ4n) is 3.30. The minimum absolute atomic E-state index is 0.0981. The van der Waals surface area contributed by atoms with E-state index in [1.54, 1.807) is 21.3 Å². The van der Waals surface area contributed by atoms with E-state index in [9.17, 15) is 0 Å². The van der Waals surface area contributed by atoms with E-state index in [0.29, 0.717) is 0 Å². The molecule has 4 nitrogen and oxygen atoms in total. The van der Waals surface area contributed by atoms with Crippen LogP contribution in [0.3, 0.4) is 0 Å². The Morgan fingerprint density at radius 1 is 0.778 bits per heavy atom. The van der Waals surface area contributed by atoms with Gasteiger partial charge < -0.3 is 13.3 Å². The van der Waals surface area contributed by atoms with Gasteiger partial charge in [-0.1, -0.05) is 41.5 Å². The molecule has 0 saturated carbocycles. The Labute approximate surface area is 114 Å². The Morgan fingerprint density at radius 2 is 1.06 bits per heavy atom. The summed E-state index contributed by atoms with van der Waals surface area (Å²) in [6.45, 7) is 13.4. The predicted molar refractivity (Wildman–Crippen MR) is 77.2 cm³/mol. The zero-order valence-electron chi connectivity index (χ0n) is 13.7. The topological polar surface area (TPSA) is 30.9 Å². The lowest BCUT2D eigenvalue weighted by atomic mass is 9.72. The molecule has 0 bridgehead atoms. The monoisotopic (exact) mass is 277 g/mol. The van der Waals surface area contributed by atoms with Gasteiger partial charge in [0.05, 0.1) is 0 Å². The number of rotatable bonds is 5. The molecule has 0 saturated heterocycles. The summed E-state index contributed by atoms with van der Waals surface area (Å²) in [7, 11) is 4.21. The van der Waals surface area contributed by atoms with Crippen molar-refractivity contribution in [1.82, 2.24) is 4.57 Å². The standard InChI is InChI=1S/C13H31NO3Si/c1-12(2,3)11(13(4,5)6)14(7)18(15-8,16-9)17-10/h11H,1-10H3. The van der Waals surface area contributed by atoms with Crippen LogP contribution in [-0.2, 0) is 13.3 Å². The zero-order chi connectivity index (χ0) is 14.8. The summed E-state index contributed by atoms with van der Waals surface area (Å²) >= 11 is 0. The molecule has 0 spiro atoms. The van der Waals surface area contributed by atoms with Gasteiger partial charge in [0.15, 0.2) is 0 Å². The Bertz CT molecular complexity index is 232.